The van der Waals surface area contributed by atoms with Crippen molar-refractivity contribution in [1.29, 1.82) is 0 Å². The predicted octanol–water partition coefficient (Wildman–Crippen LogP) is 2.71. The minimum absolute atomic E-state index is 0.113. The van der Waals surface area contributed by atoms with Gasteiger partial charge in [0.15, 0.2) is 0 Å². The molecular weight excluding hydrogens is 394 g/mol. The Kier molecular flexibility index (Phi) is 6.93. The zero-order chi connectivity index (χ0) is 21.5. The van der Waals surface area contributed by atoms with E-state index in [0.717, 1.165) is 68.2 Å². The number of hydrogen-bond donors (Lipinski definition) is 2. The molecule has 0 unspecified atom stereocenters. The van der Waals surface area contributed by atoms with Crippen LogP contribution in [-0.4, -0.2) is 58.3 Å². The Morgan fingerprint density at radius 3 is 2.81 bits per heavy atom. The Labute approximate surface area is 181 Å². The molecule has 0 bridgehead atoms. The molecule has 1 amide bonds. The Bertz CT molecular complexity index is 997. The Morgan fingerprint density at radius 2 is 2.03 bits per heavy atom. The number of hydrogen-bond acceptors (Lipinski definition) is 7. The van der Waals surface area contributed by atoms with Gasteiger partial charge < -0.3 is 24.8 Å². The largest absolute Gasteiger partial charge is 0.378 e. The average molecular weight is 424 g/mol. The Balaban J connectivity index is 1.37. The van der Waals surface area contributed by atoms with Gasteiger partial charge in [-0.25, -0.2) is 9.97 Å². The summed E-state index contributed by atoms with van der Waals surface area (Å²) >= 11 is 0. The van der Waals surface area contributed by atoms with E-state index in [4.69, 9.17) is 4.74 Å². The van der Waals surface area contributed by atoms with Crippen molar-refractivity contribution >= 4 is 34.4 Å². The van der Waals surface area contributed by atoms with Crippen LogP contribution in [0.25, 0.3) is 11.0 Å². The van der Waals surface area contributed by atoms with E-state index in [-0.39, 0.29) is 5.91 Å². The molecule has 1 aliphatic heterocycles. The number of morpholine rings is 1. The third-order valence-electron chi connectivity index (χ3n) is 5.22. The van der Waals surface area contributed by atoms with Crippen LogP contribution in [0.2, 0.25) is 0 Å². The molecule has 9 nitrogen and oxygen atoms in total. The molecule has 0 aliphatic carbocycles. The van der Waals surface area contributed by atoms with Crippen LogP contribution >= 0.6 is 0 Å². The van der Waals surface area contributed by atoms with Crippen molar-refractivity contribution in [2.75, 3.05) is 43.1 Å². The average Bonchev–Trinajstić information content (AvgIpc) is 3.20. The van der Waals surface area contributed by atoms with Crippen LogP contribution in [0.1, 0.15) is 26.2 Å². The molecule has 0 radical (unpaired) electrons. The Morgan fingerprint density at radius 1 is 1.16 bits per heavy atom. The van der Waals surface area contributed by atoms with Crippen LogP contribution in [0.5, 0.6) is 0 Å². The lowest BCUT2D eigenvalue weighted by molar-refractivity contribution is -0.121. The quantitative estimate of drug-likeness (QED) is 0.511. The maximum Gasteiger partial charge on any atom is 0.229 e. The number of anilines is 3. The van der Waals surface area contributed by atoms with E-state index in [1.807, 2.05) is 37.5 Å². The number of nitrogens with one attached hydrogen (secondary N) is 2. The van der Waals surface area contributed by atoms with Crippen molar-refractivity contribution in [2.24, 2.45) is 0 Å². The number of aromatic nitrogens is 4. The van der Waals surface area contributed by atoms with Gasteiger partial charge in [0.25, 0.3) is 0 Å². The zero-order valence-corrected chi connectivity index (χ0v) is 17.9. The fraction of sp³-hybridized carbons (Fsp3) is 0.455. The van der Waals surface area contributed by atoms with E-state index in [9.17, 15) is 4.79 Å². The minimum atomic E-state index is 0.113. The summed E-state index contributed by atoms with van der Waals surface area (Å²) in [7, 11) is 0. The summed E-state index contributed by atoms with van der Waals surface area (Å²) in [5.74, 6) is 1.59. The van der Waals surface area contributed by atoms with Crippen molar-refractivity contribution < 1.29 is 9.53 Å². The highest BCUT2D eigenvalue weighted by Gasteiger charge is 2.12. The van der Waals surface area contributed by atoms with E-state index < -0.39 is 0 Å². The molecule has 0 atom stereocenters. The molecule has 4 rings (SSSR count). The molecule has 164 valence electrons. The number of rotatable bonds is 9. The van der Waals surface area contributed by atoms with Gasteiger partial charge in [-0.05, 0) is 31.0 Å². The molecule has 1 fully saturated rings. The number of ether oxygens (including phenoxy) is 1. The smallest absolute Gasteiger partial charge is 0.229 e. The minimum Gasteiger partial charge on any atom is -0.378 e. The van der Waals surface area contributed by atoms with Crippen molar-refractivity contribution in [2.45, 2.75) is 32.7 Å². The van der Waals surface area contributed by atoms with Gasteiger partial charge in [0.2, 0.25) is 11.9 Å². The molecule has 9 heteroatoms. The lowest BCUT2D eigenvalue weighted by Crippen LogP contribution is -2.36. The van der Waals surface area contributed by atoms with Gasteiger partial charge in [-0.3, -0.25) is 4.79 Å². The number of carbonyl (C=O) groups is 1. The SMILES string of the molecule is CCCC(=O)NCCCn1ccc2cnc(Nc3ccc(N4CCOCC4)nc3)nc21. The third kappa shape index (κ3) is 5.49. The van der Waals surface area contributed by atoms with Gasteiger partial charge in [0.1, 0.15) is 11.5 Å². The van der Waals surface area contributed by atoms with Crippen LogP contribution in [0, 0.1) is 0 Å². The van der Waals surface area contributed by atoms with Crippen LogP contribution in [0.15, 0.2) is 36.8 Å². The van der Waals surface area contributed by atoms with Gasteiger partial charge >= 0.3 is 0 Å². The zero-order valence-electron chi connectivity index (χ0n) is 17.9. The van der Waals surface area contributed by atoms with E-state index in [1.54, 1.807) is 6.20 Å². The molecule has 31 heavy (non-hydrogen) atoms. The summed E-state index contributed by atoms with van der Waals surface area (Å²) in [5.41, 5.74) is 1.71. The Hall–Kier alpha value is -3.20. The van der Waals surface area contributed by atoms with Crippen LogP contribution < -0.4 is 15.5 Å². The van der Waals surface area contributed by atoms with Gasteiger partial charge in [-0.15, -0.1) is 0 Å². The summed E-state index contributed by atoms with van der Waals surface area (Å²) in [6.07, 6.45) is 7.92. The van der Waals surface area contributed by atoms with Crippen molar-refractivity contribution in [3.63, 3.8) is 0 Å². The molecule has 0 saturated carbocycles. The van der Waals surface area contributed by atoms with Gasteiger partial charge in [-0.2, -0.15) is 4.98 Å². The van der Waals surface area contributed by atoms with Gasteiger partial charge in [-0.1, -0.05) is 6.92 Å². The second-order valence-electron chi connectivity index (χ2n) is 7.56. The van der Waals surface area contributed by atoms with Crippen LogP contribution in [0.4, 0.5) is 17.5 Å². The number of pyridine rings is 1. The summed E-state index contributed by atoms with van der Waals surface area (Å²) in [4.78, 5) is 27.5. The van der Waals surface area contributed by atoms with Crippen LogP contribution in [-0.2, 0) is 16.1 Å². The maximum absolute atomic E-state index is 11.6. The molecule has 0 aromatic carbocycles. The number of amides is 1. The molecule has 3 aromatic heterocycles. The molecule has 1 saturated heterocycles. The van der Waals surface area contributed by atoms with Crippen LogP contribution in [0.3, 0.4) is 0 Å². The van der Waals surface area contributed by atoms with Crippen molar-refractivity contribution in [3.8, 4) is 0 Å². The summed E-state index contributed by atoms with van der Waals surface area (Å²) in [5, 5.41) is 7.18. The number of aryl methyl sites for hydroxylation is 1. The highest BCUT2D eigenvalue weighted by molar-refractivity contribution is 5.77. The highest BCUT2D eigenvalue weighted by Crippen LogP contribution is 2.20. The fourth-order valence-electron chi connectivity index (χ4n) is 3.57. The normalized spacial score (nSPS) is 14.0. The first-order valence-corrected chi connectivity index (χ1v) is 10.9. The van der Waals surface area contributed by atoms with Crippen molar-refractivity contribution in [3.05, 3.63) is 36.8 Å². The van der Waals surface area contributed by atoms with E-state index >= 15 is 0 Å². The topological polar surface area (TPSA) is 97.2 Å². The summed E-state index contributed by atoms with van der Waals surface area (Å²) in [6, 6.07) is 6.00. The van der Waals surface area contributed by atoms with E-state index in [0.29, 0.717) is 18.9 Å². The maximum atomic E-state index is 11.6. The third-order valence-corrected chi connectivity index (χ3v) is 5.22. The molecule has 2 N–H and O–H groups in total. The standard InChI is InChI=1S/C22H29N7O2/c1-2-4-20(30)23-8-3-9-29-10-7-17-15-25-22(27-21(17)29)26-18-5-6-19(24-16-18)28-11-13-31-14-12-28/h5-7,10,15-16H,2-4,8-9,11-14H2,1H3,(H,23,30)(H,25,26,27). The molecule has 4 heterocycles. The second kappa shape index (κ2) is 10.2. The number of carbonyl (C=O) groups excluding carboxylic acids is 1. The number of nitrogens with zero attached hydrogens (tertiary/aromatic N) is 5. The first-order chi connectivity index (χ1) is 15.2. The number of fused-ring (bicyclic) bond motifs is 1. The predicted molar refractivity (Wildman–Crippen MR) is 121 cm³/mol. The van der Waals surface area contributed by atoms with Gasteiger partial charge in [0, 0.05) is 50.4 Å². The fourth-order valence-corrected chi connectivity index (χ4v) is 3.57. The lowest BCUT2D eigenvalue weighted by Gasteiger charge is -2.27. The first-order valence-electron chi connectivity index (χ1n) is 10.9. The summed E-state index contributed by atoms with van der Waals surface area (Å²) < 4.78 is 7.49. The molecular formula is C22H29N7O2. The molecule has 3 aromatic rings. The lowest BCUT2D eigenvalue weighted by atomic mass is 10.3. The van der Waals surface area contributed by atoms with E-state index in [2.05, 4.69) is 35.1 Å². The second-order valence-corrected chi connectivity index (χ2v) is 7.56. The highest BCUT2D eigenvalue weighted by atomic mass is 16.5. The first kappa shape index (κ1) is 21.0. The molecule has 1 aliphatic rings. The molecule has 0 spiro atoms. The van der Waals surface area contributed by atoms with Crippen molar-refractivity contribution in [1.82, 2.24) is 24.8 Å². The monoisotopic (exact) mass is 423 g/mol. The van der Waals surface area contributed by atoms with Gasteiger partial charge in [0.05, 0.1) is 25.1 Å². The van der Waals surface area contributed by atoms with E-state index in [1.165, 1.54) is 0 Å². The summed E-state index contributed by atoms with van der Waals surface area (Å²) in [6.45, 7) is 6.64.